The molecule has 0 amide bonds. The molecule has 1 atom stereocenters. The second kappa shape index (κ2) is 4.68. The minimum atomic E-state index is -0.747. The molecule has 1 unspecified atom stereocenters. The van der Waals surface area contributed by atoms with Gasteiger partial charge in [0.1, 0.15) is 6.10 Å². The highest BCUT2D eigenvalue weighted by Gasteiger charge is 2.18. The van der Waals surface area contributed by atoms with E-state index in [0.717, 1.165) is 27.4 Å². The van der Waals surface area contributed by atoms with Gasteiger partial charge in [-0.05, 0) is 17.5 Å². The van der Waals surface area contributed by atoms with Crippen LogP contribution in [0.4, 0.5) is 0 Å². The molecular weight excluding hydrogens is 262 g/mol. The summed E-state index contributed by atoms with van der Waals surface area (Å²) in [6.45, 7) is 0. The van der Waals surface area contributed by atoms with Gasteiger partial charge in [-0.1, -0.05) is 30.3 Å². The number of aliphatic hydroxyl groups excluding tert-OH is 1. The molecule has 0 saturated carbocycles. The fourth-order valence-corrected chi connectivity index (χ4v) is 2.69. The van der Waals surface area contributed by atoms with Crippen LogP contribution < -0.4 is 0 Å². The van der Waals surface area contributed by atoms with Crippen LogP contribution >= 0.6 is 0 Å². The van der Waals surface area contributed by atoms with Crippen molar-refractivity contribution in [1.82, 2.24) is 14.6 Å². The standard InChI is InChI=1S/C17H13N3O/c21-17(15-11-19-20-8-4-3-7-16(15)20)14-10-18-9-12-5-1-2-6-13(12)14/h1-11,17,21H. The third-order valence-electron chi connectivity index (χ3n) is 3.74. The van der Waals surface area contributed by atoms with Gasteiger partial charge in [-0.3, -0.25) is 4.98 Å². The van der Waals surface area contributed by atoms with Crippen molar-refractivity contribution in [3.05, 3.63) is 78.4 Å². The Morgan fingerprint density at radius 1 is 0.905 bits per heavy atom. The van der Waals surface area contributed by atoms with Crippen LogP contribution in [0, 0.1) is 0 Å². The lowest BCUT2D eigenvalue weighted by Gasteiger charge is -2.12. The molecule has 4 heteroatoms. The van der Waals surface area contributed by atoms with E-state index in [2.05, 4.69) is 10.1 Å². The van der Waals surface area contributed by atoms with E-state index in [-0.39, 0.29) is 0 Å². The summed E-state index contributed by atoms with van der Waals surface area (Å²) in [7, 11) is 0. The lowest BCUT2D eigenvalue weighted by molar-refractivity contribution is 0.223. The largest absolute Gasteiger partial charge is 0.383 e. The zero-order chi connectivity index (χ0) is 14.2. The van der Waals surface area contributed by atoms with Crippen molar-refractivity contribution >= 4 is 16.3 Å². The van der Waals surface area contributed by atoms with Crippen molar-refractivity contribution in [3.8, 4) is 0 Å². The first-order valence-electron chi connectivity index (χ1n) is 6.77. The van der Waals surface area contributed by atoms with Crippen molar-refractivity contribution in [2.45, 2.75) is 6.10 Å². The molecule has 0 spiro atoms. The van der Waals surface area contributed by atoms with Crippen LogP contribution in [0.1, 0.15) is 17.2 Å². The average molecular weight is 275 g/mol. The maximum absolute atomic E-state index is 10.8. The lowest BCUT2D eigenvalue weighted by atomic mass is 9.99. The molecule has 21 heavy (non-hydrogen) atoms. The molecule has 0 aliphatic rings. The van der Waals surface area contributed by atoms with Crippen molar-refractivity contribution in [2.24, 2.45) is 0 Å². The molecule has 102 valence electrons. The molecule has 0 saturated heterocycles. The predicted molar refractivity (Wildman–Crippen MR) is 81.0 cm³/mol. The van der Waals surface area contributed by atoms with Crippen LogP contribution in [-0.2, 0) is 0 Å². The smallest absolute Gasteiger partial charge is 0.110 e. The maximum Gasteiger partial charge on any atom is 0.110 e. The molecule has 0 radical (unpaired) electrons. The average Bonchev–Trinajstić information content (AvgIpc) is 2.98. The van der Waals surface area contributed by atoms with Crippen LogP contribution in [-0.4, -0.2) is 19.7 Å². The third-order valence-corrected chi connectivity index (χ3v) is 3.74. The molecule has 4 aromatic rings. The van der Waals surface area contributed by atoms with Crippen molar-refractivity contribution in [2.75, 3.05) is 0 Å². The summed E-state index contributed by atoms with van der Waals surface area (Å²) >= 11 is 0. The zero-order valence-corrected chi connectivity index (χ0v) is 11.2. The SMILES string of the molecule is OC(c1cncc2ccccc12)c1cnn2ccccc12. The summed E-state index contributed by atoms with van der Waals surface area (Å²) in [5.41, 5.74) is 2.48. The van der Waals surface area contributed by atoms with Gasteiger partial charge in [-0.25, -0.2) is 4.52 Å². The molecule has 1 N–H and O–H groups in total. The fraction of sp³-hybridized carbons (Fsp3) is 0.0588. The van der Waals surface area contributed by atoms with E-state index in [4.69, 9.17) is 0 Å². The number of hydrogen-bond acceptors (Lipinski definition) is 3. The molecule has 3 aromatic heterocycles. The number of benzene rings is 1. The van der Waals surface area contributed by atoms with E-state index in [1.54, 1.807) is 16.9 Å². The second-order valence-electron chi connectivity index (χ2n) is 4.98. The Morgan fingerprint density at radius 3 is 2.71 bits per heavy atom. The molecule has 1 aromatic carbocycles. The minimum Gasteiger partial charge on any atom is -0.383 e. The normalized spacial score (nSPS) is 12.8. The van der Waals surface area contributed by atoms with Gasteiger partial charge in [-0.2, -0.15) is 5.10 Å². The molecule has 0 bridgehead atoms. The Hall–Kier alpha value is -2.72. The van der Waals surface area contributed by atoms with E-state index in [1.165, 1.54) is 0 Å². The van der Waals surface area contributed by atoms with Crippen molar-refractivity contribution in [1.29, 1.82) is 0 Å². The van der Waals surface area contributed by atoms with Gasteiger partial charge >= 0.3 is 0 Å². The summed E-state index contributed by atoms with van der Waals surface area (Å²) < 4.78 is 1.76. The highest BCUT2D eigenvalue weighted by Crippen LogP contribution is 2.30. The van der Waals surface area contributed by atoms with Crippen LogP contribution in [0.3, 0.4) is 0 Å². The highest BCUT2D eigenvalue weighted by atomic mass is 16.3. The van der Waals surface area contributed by atoms with Crippen molar-refractivity contribution < 1.29 is 5.11 Å². The first-order valence-corrected chi connectivity index (χ1v) is 6.77. The monoisotopic (exact) mass is 275 g/mol. The Labute approximate surface area is 121 Å². The number of fused-ring (bicyclic) bond motifs is 2. The van der Waals surface area contributed by atoms with Crippen molar-refractivity contribution in [3.63, 3.8) is 0 Å². The number of aromatic nitrogens is 3. The predicted octanol–water partition coefficient (Wildman–Crippen LogP) is 2.96. The molecule has 0 aliphatic carbocycles. The number of pyridine rings is 2. The Balaban J connectivity index is 1.92. The molecule has 0 fully saturated rings. The van der Waals surface area contributed by atoms with Gasteiger partial charge in [0.05, 0.1) is 11.7 Å². The van der Waals surface area contributed by atoms with Gasteiger partial charge in [0.25, 0.3) is 0 Å². The quantitative estimate of drug-likeness (QED) is 0.612. The van der Waals surface area contributed by atoms with Gasteiger partial charge in [-0.15, -0.1) is 0 Å². The van der Waals surface area contributed by atoms with Gasteiger partial charge in [0.15, 0.2) is 0 Å². The number of hydrogen-bond donors (Lipinski definition) is 1. The topological polar surface area (TPSA) is 50.4 Å². The first-order chi connectivity index (χ1) is 10.3. The van der Waals surface area contributed by atoms with E-state index < -0.39 is 6.10 Å². The summed E-state index contributed by atoms with van der Waals surface area (Å²) in [6.07, 6.45) is 6.36. The third kappa shape index (κ3) is 1.88. The summed E-state index contributed by atoms with van der Waals surface area (Å²) in [4.78, 5) is 4.24. The summed E-state index contributed by atoms with van der Waals surface area (Å²) in [5, 5.41) is 17.1. The number of nitrogens with zero attached hydrogens (tertiary/aromatic N) is 3. The molecule has 3 heterocycles. The van der Waals surface area contributed by atoms with Crippen LogP contribution in [0.2, 0.25) is 0 Å². The molecule has 4 nitrogen and oxygen atoms in total. The number of rotatable bonds is 2. The lowest BCUT2D eigenvalue weighted by Crippen LogP contribution is -2.01. The number of aliphatic hydroxyl groups is 1. The van der Waals surface area contributed by atoms with Gasteiger partial charge in [0.2, 0.25) is 0 Å². The Bertz CT molecular complexity index is 924. The fourth-order valence-electron chi connectivity index (χ4n) is 2.69. The molecule has 4 rings (SSSR count). The van der Waals surface area contributed by atoms with Gasteiger partial charge < -0.3 is 5.11 Å². The van der Waals surface area contributed by atoms with E-state index in [1.807, 2.05) is 54.9 Å². The van der Waals surface area contributed by atoms with E-state index in [0.29, 0.717) is 0 Å². The highest BCUT2D eigenvalue weighted by molar-refractivity contribution is 5.85. The van der Waals surface area contributed by atoms with Gasteiger partial charge in [0, 0.05) is 35.1 Å². The summed E-state index contributed by atoms with van der Waals surface area (Å²) in [6, 6.07) is 13.7. The summed E-state index contributed by atoms with van der Waals surface area (Å²) in [5.74, 6) is 0. The molecular formula is C17H13N3O. The van der Waals surface area contributed by atoms with Crippen LogP contribution in [0.5, 0.6) is 0 Å². The van der Waals surface area contributed by atoms with Crippen LogP contribution in [0.25, 0.3) is 16.3 Å². The van der Waals surface area contributed by atoms with Crippen LogP contribution in [0.15, 0.2) is 67.3 Å². The Morgan fingerprint density at radius 2 is 1.76 bits per heavy atom. The molecule has 0 aliphatic heterocycles. The minimum absolute atomic E-state index is 0.747. The zero-order valence-electron chi connectivity index (χ0n) is 11.2. The second-order valence-corrected chi connectivity index (χ2v) is 4.98. The Kier molecular flexibility index (Phi) is 2.69. The van der Waals surface area contributed by atoms with E-state index >= 15 is 0 Å². The van der Waals surface area contributed by atoms with E-state index in [9.17, 15) is 5.11 Å². The maximum atomic E-state index is 10.8. The first kappa shape index (κ1) is 12.1.